The van der Waals surface area contributed by atoms with Gasteiger partial charge in [0, 0.05) is 24.0 Å². The molecule has 2 aromatic carbocycles. The molecule has 4 rings (SSSR count). The van der Waals surface area contributed by atoms with Crippen molar-refractivity contribution >= 4 is 27.8 Å². The van der Waals surface area contributed by atoms with Gasteiger partial charge in [-0.1, -0.05) is 42.5 Å². The van der Waals surface area contributed by atoms with Gasteiger partial charge in [0.25, 0.3) is 0 Å². The first kappa shape index (κ1) is 16.3. The molecule has 26 heavy (non-hydrogen) atoms. The van der Waals surface area contributed by atoms with E-state index in [1.54, 1.807) is 11.1 Å². The van der Waals surface area contributed by atoms with Gasteiger partial charge in [-0.2, -0.15) is 0 Å². The van der Waals surface area contributed by atoms with Crippen molar-refractivity contribution in [3.05, 3.63) is 78.2 Å². The van der Waals surface area contributed by atoms with Gasteiger partial charge in [0.15, 0.2) is 0 Å². The number of carbonyl (C=O) groups is 1. The Balaban J connectivity index is 1.57. The molecule has 0 radical (unpaired) electrons. The maximum Gasteiger partial charge on any atom is 0.227 e. The van der Waals surface area contributed by atoms with Crippen LogP contribution >= 0.6 is 0 Å². The number of aromatic nitrogens is 1. The van der Waals surface area contributed by atoms with Gasteiger partial charge in [-0.3, -0.25) is 9.78 Å². The molecule has 4 heteroatoms. The molecule has 1 amide bonds. The Morgan fingerprint density at radius 2 is 1.85 bits per heavy atom. The summed E-state index contributed by atoms with van der Waals surface area (Å²) in [6.07, 6.45) is 2.08. The lowest BCUT2D eigenvalue weighted by atomic mass is 10.1. The zero-order valence-electron chi connectivity index (χ0n) is 14.8. The summed E-state index contributed by atoms with van der Waals surface area (Å²) in [4.78, 5) is 19.0. The number of benzene rings is 2. The van der Waals surface area contributed by atoms with Crippen LogP contribution in [0.2, 0.25) is 0 Å². The van der Waals surface area contributed by atoms with E-state index in [4.69, 9.17) is 4.42 Å². The monoisotopic (exact) mass is 344 g/mol. The molecule has 1 atom stereocenters. The van der Waals surface area contributed by atoms with Crippen molar-refractivity contribution in [1.29, 1.82) is 0 Å². The Hall–Kier alpha value is -3.14. The molecule has 0 N–H and O–H groups in total. The topological polar surface area (TPSA) is 46.3 Å². The van der Waals surface area contributed by atoms with Crippen LogP contribution in [0.4, 0.5) is 0 Å². The maximum atomic E-state index is 12.8. The highest BCUT2D eigenvalue weighted by Crippen LogP contribution is 2.27. The Morgan fingerprint density at radius 3 is 2.69 bits per heavy atom. The summed E-state index contributed by atoms with van der Waals surface area (Å²) in [6.45, 7) is 1.98. The fourth-order valence-corrected chi connectivity index (χ4v) is 3.21. The Labute approximate surface area is 152 Å². The molecule has 0 aliphatic carbocycles. The third kappa shape index (κ3) is 2.94. The van der Waals surface area contributed by atoms with Gasteiger partial charge in [-0.05, 0) is 30.7 Å². The maximum absolute atomic E-state index is 12.8. The predicted molar refractivity (Wildman–Crippen MR) is 103 cm³/mol. The zero-order valence-corrected chi connectivity index (χ0v) is 14.8. The minimum atomic E-state index is -0.141. The number of rotatable bonds is 4. The Bertz CT molecular complexity index is 1050. The Morgan fingerprint density at radius 1 is 1.08 bits per heavy atom. The predicted octanol–water partition coefficient (Wildman–Crippen LogP) is 4.74. The number of hydrogen-bond donors (Lipinski definition) is 0. The van der Waals surface area contributed by atoms with Gasteiger partial charge in [-0.15, -0.1) is 0 Å². The van der Waals surface area contributed by atoms with Crippen LogP contribution in [0.5, 0.6) is 0 Å². The zero-order chi connectivity index (χ0) is 18.1. The van der Waals surface area contributed by atoms with E-state index < -0.39 is 0 Å². The van der Waals surface area contributed by atoms with Gasteiger partial charge < -0.3 is 9.32 Å². The van der Waals surface area contributed by atoms with E-state index in [9.17, 15) is 4.79 Å². The van der Waals surface area contributed by atoms with Crippen molar-refractivity contribution in [3.8, 4) is 0 Å². The van der Waals surface area contributed by atoms with E-state index in [1.807, 2.05) is 74.6 Å². The van der Waals surface area contributed by atoms with Gasteiger partial charge in [0.2, 0.25) is 5.91 Å². The summed E-state index contributed by atoms with van der Waals surface area (Å²) in [7, 11) is 1.82. The number of likely N-dealkylation sites (N-methyl/N-ethyl adjacent to an activating group) is 1. The molecular weight excluding hydrogens is 324 g/mol. The third-order valence-corrected chi connectivity index (χ3v) is 4.89. The summed E-state index contributed by atoms with van der Waals surface area (Å²) in [5, 5.41) is 2.10. The first-order chi connectivity index (χ1) is 12.6. The van der Waals surface area contributed by atoms with E-state index in [2.05, 4.69) is 4.98 Å². The van der Waals surface area contributed by atoms with Crippen LogP contribution in [0.3, 0.4) is 0 Å². The van der Waals surface area contributed by atoms with Gasteiger partial charge in [0.1, 0.15) is 11.3 Å². The summed E-state index contributed by atoms with van der Waals surface area (Å²) in [6, 6.07) is 19.6. The van der Waals surface area contributed by atoms with Crippen molar-refractivity contribution in [2.75, 3.05) is 7.05 Å². The second-order valence-electron chi connectivity index (χ2n) is 6.54. The fraction of sp³-hybridized carbons (Fsp3) is 0.182. The van der Waals surface area contributed by atoms with E-state index in [0.29, 0.717) is 6.42 Å². The van der Waals surface area contributed by atoms with Crippen molar-refractivity contribution in [2.24, 2.45) is 0 Å². The number of pyridine rings is 1. The molecule has 2 heterocycles. The van der Waals surface area contributed by atoms with Crippen LogP contribution in [0.1, 0.15) is 24.3 Å². The van der Waals surface area contributed by atoms with Crippen LogP contribution < -0.4 is 0 Å². The average Bonchev–Trinajstić information content (AvgIpc) is 3.11. The first-order valence-electron chi connectivity index (χ1n) is 8.70. The molecule has 0 bridgehead atoms. The molecule has 0 aliphatic heterocycles. The van der Waals surface area contributed by atoms with Crippen molar-refractivity contribution in [3.63, 3.8) is 0 Å². The summed E-state index contributed by atoms with van der Waals surface area (Å²) in [5.41, 5.74) is 2.67. The highest BCUT2D eigenvalue weighted by atomic mass is 16.3. The van der Waals surface area contributed by atoms with E-state index >= 15 is 0 Å². The normalized spacial score (nSPS) is 12.4. The van der Waals surface area contributed by atoms with Crippen molar-refractivity contribution in [1.82, 2.24) is 9.88 Å². The number of amides is 1. The van der Waals surface area contributed by atoms with Crippen molar-refractivity contribution in [2.45, 2.75) is 19.4 Å². The molecule has 0 spiro atoms. The first-order valence-corrected chi connectivity index (χ1v) is 8.70. The summed E-state index contributed by atoms with van der Waals surface area (Å²) in [5.74, 6) is 0.828. The molecule has 130 valence electrons. The van der Waals surface area contributed by atoms with Gasteiger partial charge in [-0.25, -0.2) is 0 Å². The molecule has 2 aromatic heterocycles. The molecule has 0 saturated carbocycles. The van der Waals surface area contributed by atoms with Crippen LogP contribution in [0.15, 0.2) is 71.3 Å². The van der Waals surface area contributed by atoms with E-state index in [1.165, 1.54) is 0 Å². The molecule has 0 aliphatic rings. The minimum Gasteiger partial charge on any atom is -0.459 e. The molecule has 0 saturated heterocycles. The quantitative estimate of drug-likeness (QED) is 0.537. The van der Waals surface area contributed by atoms with Crippen LogP contribution in [-0.2, 0) is 11.2 Å². The SMILES string of the molecule is CC(c1cc2ccccc2o1)N(C)C(=O)Cc1cccc2cccnc12. The summed E-state index contributed by atoms with van der Waals surface area (Å²) >= 11 is 0. The van der Waals surface area contributed by atoms with Crippen molar-refractivity contribution < 1.29 is 9.21 Å². The molecule has 1 unspecified atom stereocenters. The van der Waals surface area contributed by atoms with Crippen LogP contribution in [0, 0.1) is 0 Å². The lowest BCUT2D eigenvalue weighted by molar-refractivity contribution is -0.131. The number of hydrogen-bond acceptors (Lipinski definition) is 3. The number of carbonyl (C=O) groups excluding carboxylic acids is 1. The van der Waals surface area contributed by atoms with E-state index in [0.717, 1.165) is 33.2 Å². The number of furan rings is 1. The summed E-state index contributed by atoms with van der Waals surface area (Å²) < 4.78 is 5.92. The largest absolute Gasteiger partial charge is 0.459 e. The number of fused-ring (bicyclic) bond motifs is 2. The smallest absolute Gasteiger partial charge is 0.227 e. The molecule has 0 fully saturated rings. The molecule has 4 nitrogen and oxygen atoms in total. The second-order valence-corrected chi connectivity index (χ2v) is 6.54. The second kappa shape index (κ2) is 6.64. The highest BCUT2D eigenvalue weighted by Gasteiger charge is 2.21. The molecular formula is C22H20N2O2. The number of nitrogens with zero attached hydrogens (tertiary/aromatic N) is 2. The lowest BCUT2D eigenvalue weighted by Gasteiger charge is -2.23. The van der Waals surface area contributed by atoms with Gasteiger partial charge in [0.05, 0.1) is 18.0 Å². The minimum absolute atomic E-state index is 0.0381. The van der Waals surface area contributed by atoms with Crippen LogP contribution in [0.25, 0.3) is 21.9 Å². The Kier molecular flexibility index (Phi) is 4.17. The lowest BCUT2D eigenvalue weighted by Crippen LogP contribution is -2.30. The number of para-hydroxylation sites is 2. The average molecular weight is 344 g/mol. The van der Waals surface area contributed by atoms with E-state index in [-0.39, 0.29) is 11.9 Å². The highest BCUT2D eigenvalue weighted by molar-refractivity contribution is 5.87. The molecule has 4 aromatic rings. The van der Waals surface area contributed by atoms with Gasteiger partial charge >= 0.3 is 0 Å². The fourth-order valence-electron chi connectivity index (χ4n) is 3.21. The third-order valence-electron chi connectivity index (χ3n) is 4.89. The van der Waals surface area contributed by atoms with Crippen LogP contribution in [-0.4, -0.2) is 22.8 Å². The standard InChI is InChI=1S/C22H20N2O2/c1-15(20-13-17-7-3-4-11-19(17)26-20)24(2)21(25)14-18-9-5-8-16-10-6-12-23-22(16)18/h3-13,15H,14H2,1-2H3.